The third-order valence-corrected chi connectivity index (χ3v) is 5.09. The molecule has 0 spiro atoms. The minimum Gasteiger partial charge on any atom is -0.411 e. The Balaban J connectivity index is 1.59. The number of carbonyl (C=O) groups excluding carboxylic acids is 1. The lowest BCUT2D eigenvalue weighted by atomic mass is 10.1. The monoisotopic (exact) mass is 381 g/mol. The maximum Gasteiger partial charge on any atom is 0.277 e. The Morgan fingerprint density at radius 2 is 1.78 bits per heavy atom. The van der Waals surface area contributed by atoms with Crippen LogP contribution in [0.5, 0.6) is 0 Å². The predicted octanol–water partition coefficient (Wildman–Crippen LogP) is 4.41. The zero-order chi connectivity index (χ0) is 19.4. The largest absolute Gasteiger partial charge is 0.411 e. The summed E-state index contributed by atoms with van der Waals surface area (Å²) in [6, 6.07) is 14.2. The first-order valence-corrected chi connectivity index (χ1v) is 9.74. The molecule has 0 saturated heterocycles. The number of hydrogen-bond donors (Lipinski definition) is 0. The number of nitrogens with zero attached hydrogens (tertiary/aromatic N) is 3. The van der Waals surface area contributed by atoms with Crippen molar-refractivity contribution < 1.29 is 9.21 Å². The summed E-state index contributed by atoms with van der Waals surface area (Å²) in [6.45, 7) is 6.70. The molecular formula is C21H23N3O2S. The normalized spacial score (nSPS) is 10.8. The molecule has 140 valence electrons. The number of aryl methyl sites for hydroxylation is 3. The molecule has 0 atom stereocenters. The summed E-state index contributed by atoms with van der Waals surface area (Å²) in [4.78, 5) is 14.1. The fourth-order valence-corrected chi connectivity index (χ4v) is 3.55. The highest BCUT2D eigenvalue weighted by Crippen LogP contribution is 2.25. The van der Waals surface area contributed by atoms with Crippen LogP contribution < -0.4 is 0 Å². The van der Waals surface area contributed by atoms with Gasteiger partial charge in [-0.15, -0.1) is 10.2 Å². The number of aromatic nitrogens is 2. The smallest absolute Gasteiger partial charge is 0.277 e. The fourth-order valence-electron chi connectivity index (χ4n) is 2.85. The average molecular weight is 382 g/mol. The van der Waals surface area contributed by atoms with Crippen LogP contribution in [-0.2, 0) is 11.3 Å². The van der Waals surface area contributed by atoms with Gasteiger partial charge in [0.05, 0.1) is 5.75 Å². The van der Waals surface area contributed by atoms with Gasteiger partial charge in [0.2, 0.25) is 11.8 Å². The van der Waals surface area contributed by atoms with Gasteiger partial charge >= 0.3 is 0 Å². The van der Waals surface area contributed by atoms with Crippen LogP contribution in [0.25, 0.3) is 11.5 Å². The summed E-state index contributed by atoms with van der Waals surface area (Å²) in [5.41, 5.74) is 5.51. The maximum atomic E-state index is 12.4. The van der Waals surface area contributed by atoms with Gasteiger partial charge in [-0.2, -0.15) is 0 Å². The van der Waals surface area contributed by atoms with Gasteiger partial charge in [0.25, 0.3) is 5.22 Å². The van der Waals surface area contributed by atoms with Crippen LogP contribution in [0.3, 0.4) is 0 Å². The van der Waals surface area contributed by atoms with E-state index in [1.54, 1.807) is 4.90 Å². The second-order valence-corrected chi connectivity index (χ2v) is 7.64. The molecule has 0 bridgehead atoms. The molecule has 1 aromatic heterocycles. The Bertz CT molecular complexity index is 932. The lowest BCUT2D eigenvalue weighted by molar-refractivity contribution is -0.127. The molecule has 5 nitrogen and oxygen atoms in total. The third kappa shape index (κ3) is 4.98. The molecule has 1 heterocycles. The molecule has 3 rings (SSSR count). The molecule has 27 heavy (non-hydrogen) atoms. The minimum absolute atomic E-state index is 0.0226. The molecule has 0 fully saturated rings. The number of benzene rings is 2. The quantitative estimate of drug-likeness (QED) is 0.592. The van der Waals surface area contributed by atoms with Crippen molar-refractivity contribution in [3.63, 3.8) is 0 Å². The second kappa shape index (κ2) is 8.39. The van der Waals surface area contributed by atoms with Gasteiger partial charge in [0.15, 0.2) is 0 Å². The van der Waals surface area contributed by atoms with Crippen molar-refractivity contribution >= 4 is 17.7 Å². The summed E-state index contributed by atoms with van der Waals surface area (Å²) in [5.74, 6) is 0.760. The Kier molecular flexibility index (Phi) is 5.96. The first-order chi connectivity index (χ1) is 12.9. The van der Waals surface area contributed by atoms with Crippen LogP contribution in [-0.4, -0.2) is 33.8 Å². The van der Waals surface area contributed by atoms with E-state index in [4.69, 9.17) is 4.42 Å². The van der Waals surface area contributed by atoms with E-state index in [0.717, 1.165) is 22.3 Å². The summed E-state index contributed by atoms with van der Waals surface area (Å²) in [6.07, 6.45) is 0. The average Bonchev–Trinajstić information content (AvgIpc) is 3.10. The summed E-state index contributed by atoms with van der Waals surface area (Å²) < 4.78 is 5.72. The Labute approximate surface area is 163 Å². The standard InChI is InChI=1S/C21H23N3O2S/c1-14-9-15(2)11-18(10-14)20-22-23-21(26-20)27-13-19(25)24(4)12-17-8-6-5-7-16(17)3/h5-11H,12-13H2,1-4H3. The van der Waals surface area contributed by atoms with Gasteiger partial charge in [-0.3, -0.25) is 4.79 Å². The number of thioether (sulfide) groups is 1. The molecule has 0 radical (unpaired) electrons. The van der Waals surface area contributed by atoms with Gasteiger partial charge in [-0.1, -0.05) is 53.2 Å². The van der Waals surface area contributed by atoms with Crippen molar-refractivity contribution in [1.82, 2.24) is 15.1 Å². The van der Waals surface area contributed by atoms with Crippen molar-refractivity contribution in [1.29, 1.82) is 0 Å². The summed E-state index contributed by atoms with van der Waals surface area (Å²) >= 11 is 1.26. The Morgan fingerprint density at radius 3 is 2.48 bits per heavy atom. The molecule has 3 aromatic rings. The maximum absolute atomic E-state index is 12.4. The van der Waals surface area contributed by atoms with Crippen LogP contribution >= 0.6 is 11.8 Å². The SMILES string of the molecule is Cc1cc(C)cc(-c2nnc(SCC(=O)N(C)Cc3ccccc3C)o2)c1. The summed E-state index contributed by atoms with van der Waals surface area (Å²) in [7, 11) is 1.81. The lowest BCUT2D eigenvalue weighted by Gasteiger charge is -2.17. The van der Waals surface area contributed by atoms with Crippen LogP contribution in [0, 0.1) is 20.8 Å². The molecule has 0 aliphatic carbocycles. The van der Waals surface area contributed by atoms with Gasteiger partial charge in [0, 0.05) is 19.2 Å². The minimum atomic E-state index is 0.0226. The number of carbonyl (C=O) groups is 1. The molecular weight excluding hydrogens is 358 g/mol. The molecule has 2 aromatic carbocycles. The van der Waals surface area contributed by atoms with E-state index in [2.05, 4.69) is 29.3 Å². The van der Waals surface area contributed by atoms with Gasteiger partial charge in [0.1, 0.15) is 0 Å². The topological polar surface area (TPSA) is 59.2 Å². The van der Waals surface area contributed by atoms with E-state index in [9.17, 15) is 4.79 Å². The van der Waals surface area contributed by atoms with E-state index in [1.165, 1.54) is 17.3 Å². The zero-order valence-corrected chi connectivity index (χ0v) is 16.8. The summed E-state index contributed by atoms with van der Waals surface area (Å²) in [5, 5.41) is 8.57. The number of amides is 1. The van der Waals surface area contributed by atoms with Crippen molar-refractivity contribution in [3.05, 3.63) is 64.7 Å². The number of rotatable bonds is 6. The Morgan fingerprint density at radius 1 is 1.07 bits per heavy atom. The van der Waals surface area contributed by atoms with Gasteiger partial charge in [-0.05, 0) is 44.0 Å². The van der Waals surface area contributed by atoms with E-state index >= 15 is 0 Å². The molecule has 0 N–H and O–H groups in total. The first kappa shape index (κ1) is 19.2. The van der Waals surface area contributed by atoms with Crippen molar-refractivity contribution in [2.75, 3.05) is 12.8 Å². The molecule has 0 unspecified atom stereocenters. The molecule has 1 amide bonds. The number of hydrogen-bond acceptors (Lipinski definition) is 5. The molecule has 0 aliphatic heterocycles. The fraction of sp³-hybridized carbons (Fsp3) is 0.286. The zero-order valence-electron chi connectivity index (χ0n) is 16.0. The van der Waals surface area contributed by atoms with E-state index in [0.29, 0.717) is 17.7 Å². The van der Waals surface area contributed by atoms with Crippen molar-refractivity contribution in [3.8, 4) is 11.5 Å². The Hall–Kier alpha value is -2.60. The molecule has 0 aliphatic rings. The highest BCUT2D eigenvalue weighted by molar-refractivity contribution is 7.99. The predicted molar refractivity (Wildman–Crippen MR) is 108 cm³/mol. The van der Waals surface area contributed by atoms with E-state index in [1.807, 2.05) is 51.2 Å². The van der Waals surface area contributed by atoms with E-state index in [-0.39, 0.29) is 11.7 Å². The van der Waals surface area contributed by atoms with Gasteiger partial charge in [-0.25, -0.2) is 0 Å². The van der Waals surface area contributed by atoms with Crippen LogP contribution in [0.15, 0.2) is 52.1 Å². The van der Waals surface area contributed by atoms with Gasteiger partial charge < -0.3 is 9.32 Å². The van der Waals surface area contributed by atoms with Crippen LogP contribution in [0.4, 0.5) is 0 Å². The van der Waals surface area contributed by atoms with E-state index < -0.39 is 0 Å². The van der Waals surface area contributed by atoms with Crippen LogP contribution in [0.2, 0.25) is 0 Å². The lowest BCUT2D eigenvalue weighted by Crippen LogP contribution is -2.28. The first-order valence-electron chi connectivity index (χ1n) is 8.76. The van der Waals surface area contributed by atoms with Crippen molar-refractivity contribution in [2.24, 2.45) is 0 Å². The molecule has 0 saturated carbocycles. The second-order valence-electron chi connectivity index (χ2n) is 6.71. The third-order valence-electron chi connectivity index (χ3n) is 4.29. The highest BCUT2D eigenvalue weighted by atomic mass is 32.2. The highest BCUT2D eigenvalue weighted by Gasteiger charge is 2.15. The molecule has 6 heteroatoms. The van der Waals surface area contributed by atoms with Crippen molar-refractivity contribution in [2.45, 2.75) is 32.5 Å². The van der Waals surface area contributed by atoms with Crippen LogP contribution in [0.1, 0.15) is 22.3 Å².